The lowest BCUT2D eigenvalue weighted by molar-refractivity contribution is -0.114. The molecule has 0 saturated heterocycles. The van der Waals surface area contributed by atoms with Crippen LogP contribution >= 0.6 is 12.2 Å². The topological polar surface area (TPSA) is 26.3 Å². The van der Waals surface area contributed by atoms with Gasteiger partial charge in [0, 0.05) is 6.42 Å². The number of thiocarbonyl (C=S) groups is 1. The normalized spacial score (nSPS) is 9.82. The van der Waals surface area contributed by atoms with E-state index in [-0.39, 0.29) is 16.9 Å². The molecule has 0 N–H and O–H groups in total. The zero-order valence-corrected chi connectivity index (χ0v) is 8.03. The fourth-order valence-electron chi connectivity index (χ4n) is 0.609. The first kappa shape index (κ1) is 10.6. The third-order valence-electron chi connectivity index (χ3n) is 1.05. The van der Waals surface area contributed by atoms with Crippen LogP contribution < -0.4 is 0 Å². The molecule has 0 radical (unpaired) electrons. The minimum atomic E-state index is -0.0591. The average molecular weight is 174 g/mol. The highest BCUT2D eigenvalue weighted by Crippen LogP contribution is 1.97. The van der Waals surface area contributed by atoms with Crippen molar-refractivity contribution >= 4 is 23.1 Å². The summed E-state index contributed by atoms with van der Waals surface area (Å²) in [4.78, 5) is 11.0. The molecule has 0 amide bonds. The van der Waals surface area contributed by atoms with Crippen molar-refractivity contribution in [2.75, 3.05) is 0 Å². The highest BCUT2D eigenvalue weighted by molar-refractivity contribution is 7.81. The molecule has 0 bridgehead atoms. The van der Waals surface area contributed by atoms with Crippen LogP contribution in [0, 0.1) is 0 Å². The number of rotatable bonds is 4. The lowest BCUT2D eigenvalue weighted by atomic mass is 10.2. The predicted octanol–water partition coefficient (Wildman–Crippen LogP) is 2.11. The van der Waals surface area contributed by atoms with Gasteiger partial charge in [0.1, 0.15) is 0 Å². The second kappa shape index (κ2) is 5.24. The van der Waals surface area contributed by atoms with Gasteiger partial charge in [0.05, 0.1) is 6.10 Å². The van der Waals surface area contributed by atoms with Gasteiger partial charge in [0.2, 0.25) is 10.8 Å². The molecule has 2 nitrogen and oxygen atoms in total. The Morgan fingerprint density at radius 1 is 1.55 bits per heavy atom. The van der Waals surface area contributed by atoms with Crippen molar-refractivity contribution in [3.05, 3.63) is 0 Å². The van der Waals surface area contributed by atoms with Gasteiger partial charge in [-0.15, -0.1) is 0 Å². The number of carbonyl (C=O) groups excluding carboxylic acids is 1. The second-order valence-corrected chi connectivity index (χ2v) is 3.00. The molecule has 0 aromatic heterocycles. The van der Waals surface area contributed by atoms with E-state index in [0.717, 1.165) is 6.42 Å². The average Bonchev–Trinajstić information content (AvgIpc) is 1.86. The predicted molar refractivity (Wildman–Crippen MR) is 48.7 cm³/mol. The van der Waals surface area contributed by atoms with Crippen LogP contribution in [0.5, 0.6) is 0 Å². The maximum atomic E-state index is 11.0. The van der Waals surface area contributed by atoms with Gasteiger partial charge >= 0.3 is 0 Å². The first-order valence-corrected chi connectivity index (χ1v) is 4.22. The van der Waals surface area contributed by atoms with Crippen LogP contribution in [0.15, 0.2) is 0 Å². The molecular formula is C8H14O2S. The minimum absolute atomic E-state index is 0.00306. The summed E-state index contributed by atoms with van der Waals surface area (Å²) in [5, 5.41) is 0.127. The Morgan fingerprint density at radius 3 is 2.45 bits per heavy atom. The zero-order valence-electron chi connectivity index (χ0n) is 7.22. The molecule has 0 spiro atoms. The molecule has 0 aromatic carbocycles. The summed E-state index contributed by atoms with van der Waals surface area (Å²) in [5.41, 5.74) is 0. The molecule has 0 aliphatic heterocycles. The SMILES string of the molecule is CCCC(=O)C(=S)OC(C)C. The lowest BCUT2D eigenvalue weighted by Gasteiger charge is -2.08. The number of hydrogen-bond acceptors (Lipinski definition) is 3. The summed E-state index contributed by atoms with van der Waals surface area (Å²) in [5.74, 6) is -0.0591. The second-order valence-electron chi connectivity index (χ2n) is 2.63. The van der Waals surface area contributed by atoms with Gasteiger partial charge in [-0.1, -0.05) is 6.92 Å². The van der Waals surface area contributed by atoms with E-state index in [0.29, 0.717) is 6.42 Å². The van der Waals surface area contributed by atoms with Crippen molar-refractivity contribution in [3.63, 3.8) is 0 Å². The van der Waals surface area contributed by atoms with E-state index in [9.17, 15) is 4.79 Å². The van der Waals surface area contributed by atoms with Crippen molar-refractivity contribution in [1.82, 2.24) is 0 Å². The largest absolute Gasteiger partial charge is 0.478 e. The fourth-order valence-corrected chi connectivity index (χ4v) is 0.903. The summed E-state index contributed by atoms with van der Waals surface area (Å²) in [6.45, 7) is 5.65. The highest BCUT2D eigenvalue weighted by atomic mass is 32.1. The fraction of sp³-hybridized carbons (Fsp3) is 0.750. The van der Waals surface area contributed by atoms with Crippen molar-refractivity contribution < 1.29 is 9.53 Å². The van der Waals surface area contributed by atoms with Crippen LogP contribution in [-0.2, 0) is 9.53 Å². The summed E-state index contributed by atoms with van der Waals surface area (Å²) < 4.78 is 5.05. The van der Waals surface area contributed by atoms with Gasteiger partial charge < -0.3 is 4.74 Å². The number of carbonyl (C=O) groups is 1. The molecule has 0 aliphatic carbocycles. The van der Waals surface area contributed by atoms with Crippen LogP contribution in [0.1, 0.15) is 33.6 Å². The summed E-state index contributed by atoms with van der Waals surface area (Å²) in [7, 11) is 0. The van der Waals surface area contributed by atoms with E-state index in [1.165, 1.54) is 0 Å². The maximum absolute atomic E-state index is 11.0. The summed E-state index contributed by atoms with van der Waals surface area (Å²) in [6.07, 6.45) is 1.31. The number of ketones is 1. The van der Waals surface area contributed by atoms with E-state index < -0.39 is 0 Å². The van der Waals surface area contributed by atoms with E-state index in [4.69, 9.17) is 17.0 Å². The Hall–Kier alpha value is -0.440. The highest BCUT2D eigenvalue weighted by Gasteiger charge is 2.09. The Kier molecular flexibility index (Phi) is 5.03. The molecule has 64 valence electrons. The molecule has 0 heterocycles. The van der Waals surface area contributed by atoms with Gasteiger partial charge in [-0.05, 0) is 32.5 Å². The Labute approximate surface area is 72.9 Å². The standard InChI is InChI=1S/C8H14O2S/c1-4-5-7(9)8(11)10-6(2)3/h6H,4-5H2,1-3H3. The number of hydrogen-bond donors (Lipinski definition) is 0. The van der Waals surface area contributed by atoms with Crippen LogP contribution in [0.25, 0.3) is 0 Å². The Balaban J connectivity index is 3.74. The van der Waals surface area contributed by atoms with Crippen LogP contribution in [-0.4, -0.2) is 16.9 Å². The molecule has 0 unspecified atom stereocenters. The number of ether oxygens (including phenoxy) is 1. The van der Waals surface area contributed by atoms with Gasteiger partial charge in [-0.3, -0.25) is 4.79 Å². The van der Waals surface area contributed by atoms with Gasteiger partial charge in [0.25, 0.3) is 0 Å². The van der Waals surface area contributed by atoms with E-state index in [1.807, 2.05) is 20.8 Å². The Morgan fingerprint density at radius 2 is 2.09 bits per heavy atom. The van der Waals surface area contributed by atoms with Gasteiger partial charge in [0.15, 0.2) is 0 Å². The van der Waals surface area contributed by atoms with Crippen LogP contribution in [0.3, 0.4) is 0 Å². The third kappa shape index (κ3) is 4.90. The first-order valence-electron chi connectivity index (χ1n) is 3.81. The monoisotopic (exact) mass is 174 g/mol. The molecule has 11 heavy (non-hydrogen) atoms. The van der Waals surface area contributed by atoms with Crippen molar-refractivity contribution in [1.29, 1.82) is 0 Å². The van der Waals surface area contributed by atoms with Gasteiger partial charge in [-0.2, -0.15) is 0 Å². The molecule has 0 atom stereocenters. The summed E-state index contributed by atoms with van der Waals surface area (Å²) >= 11 is 4.75. The lowest BCUT2D eigenvalue weighted by Crippen LogP contribution is -2.18. The maximum Gasteiger partial charge on any atom is 0.228 e. The molecular weight excluding hydrogens is 160 g/mol. The molecule has 0 saturated carbocycles. The van der Waals surface area contributed by atoms with Crippen molar-refractivity contribution in [2.24, 2.45) is 0 Å². The smallest absolute Gasteiger partial charge is 0.228 e. The van der Waals surface area contributed by atoms with Crippen molar-refractivity contribution in [2.45, 2.75) is 39.7 Å². The third-order valence-corrected chi connectivity index (χ3v) is 1.37. The quantitative estimate of drug-likeness (QED) is 0.611. The minimum Gasteiger partial charge on any atom is -0.478 e. The van der Waals surface area contributed by atoms with E-state index >= 15 is 0 Å². The van der Waals surface area contributed by atoms with Crippen molar-refractivity contribution in [3.8, 4) is 0 Å². The molecule has 0 aliphatic rings. The summed E-state index contributed by atoms with van der Waals surface area (Å²) in [6, 6.07) is 0. The molecule has 3 heteroatoms. The van der Waals surface area contributed by atoms with Crippen LogP contribution in [0.2, 0.25) is 0 Å². The van der Waals surface area contributed by atoms with E-state index in [2.05, 4.69) is 0 Å². The number of Topliss-reactive ketones (excluding diaryl/α,β-unsaturated/α-hetero) is 1. The first-order chi connectivity index (χ1) is 5.07. The molecule has 0 rings (SSSR count). The van der Waals surface area contributed by atoms with E-state index in [1.54, 1.807) is 0 Å². The molecule has 0 fully saturated rings. The molecule has 0 aromatic rings. The van der Waals surface area contributed by atoms with Crippen LogP contribution in [0.4, 0.5) is 0 Å². The zero-order chi connectivity index (χ0) is 8.85. The van der Waals surface area contributed by atoms with Gasteiger partial charge in [-0.25, -0.2) is 0 Å². The Bertz CT molecular complexity index is 152.